The summed E-state index contributed by atoms with van der Waals surface area (Å²) in [6.45, 7) is 6.93. The molecule has 0 spiro atoms. The van der Waals surface area contributed by atoms with Crippen molar-refractivity contribution in [3.8, 4) is 0 Å². The van der Waals surface area contributed by atoms with E-state index in [0.717, 1.165) is 16.2 Å². The van der Waals surface area contributed by atoms with Gasteiger partial charge in [-0.15, -0.1) is 0 Å². The van der Waals surface area contributed by atoms with Crippen molar-refractivity contribution >= 4 is 29.8 Å². The van der Waals surface area contributed by atoms with Gasteiger partial charge in [0.2, 0.25) is 0 Å². The predicted molar refractivity (Wildman–Crippen MR) is 93.4 cm³/mol. The standard InChI is InChI=1S/C17H26N4O6/c1-10(2)5-6-17(4)14(24)21(16(26)19-17)9-12(22)27-11(3)13(23)20-8-7-18-15(20)25/h10-11H,5-9H2,1-4H3,(H,18,25)(H,19,26)/t11-,17-/m0/s1. The second kappa shape index (κ2) is 7.93. The van der Waals surface area contributed by atoms with Gasteiger partial charge >= 0.3 is 18.0 Å². The minimum absolute atomic E-state index is 0.195. The number of hydrogen-bond donors (Lipinski definition) is 2. The van der Waals surface area contributed by atoms with Gasteiger partial charge in [0.15, 0.2) is 6.10 Å². The van der Waals surface area contributed by atoms with Crippen molar-refractivity contribution in [2.24, 2.45) is 5.92 Å². The van der Waals surface area contributed by atoms with Crippen molar-refractivity contribution in [1.82, 2.24) is 20.4 Å². The van der Waals surface area contributed by atoms with E-state index < -0.39 is 48.0 Å². The van der Waals surface area contributed by atoms with Gasteiger partial charge in [-0.05, 0) is 32.6 Å². The summed E-state index contributed by atoms with van der Waals surface area (Å²) in [6, 6.07) is -1.21. The summed E-state index contributed by atoms with van der Waals surface area (Å²) in [5.74, 6) is -1.69. The van der Waals surface area contributed by atoms with E-state index in [4.69, 9.17) is 4.74 Å². The van der Waals surface area contributed by atoms with Crippen molar-refractivity contribution in [1.29, 1.82) is 0 Å². The number of rotatable bonds is 7. The second-order valence-electron chi connectivity index (χ2n) is 7.44. The van der Waals surface area contributed by atoms with Crippen molar-refractivity contribution in [3.63, 3.8) is 0 Å². The molecule has 150 valence electrons. The smallest absolute Gasteiger partial charge is 0.327 e. The maximum absolute atomic E-state index is 12.6. The molecule has 2 aliphatic heterocycles. The summed E-state index contributed by atoms with van der Waals surface area (Å²) in [6.07, 6.45) is -0.00119. The van der Waals surface area contributed by atoms with E-state index in [1.807, 2.05) is 13.8 Å². The number of nitrogens with zero attached hydrogens (tertiary/aromatic N) is 2. The topological polar surface area (TPSA) is 125 Å². The number of hydrogen-bond acceptors (Lipinski definition) is 6. The van der Waals surface area contributed by atoms with Gasteiger partial charge in [-0.2, -0.15) is 0 Å². The molecular weight excluding hydrogens is 356 g/mol. The van der Waals surface area contributed by atoms with Gasteiger partial charge in [0, 0.05) is 13.1 Å². The van der Waals surface area contributed by atoms with Crippen LogP contribution in [-0.2, 0) is 19.1 Å². The Labute approximate surface area is 157 Å². The number of carbonyl (C=O) groups excluding carboxylic acids is 5. The Morgan fingerprint density at radius 3 is 2.41 bits per heavy atom. The maximum atomic E-state index is 12.6. The molecule has 2 saturated heterocycles. The van der Waals surface area contributed by atoms with Gasteiger partial charge in [0.1, 0.15) is 12.1 Å². The van der Waals surface area contributed by atoms with Crippen LogP contribution in [-0.4, -0.2) is 70.9 Å². The number of carbonyl (C=O) groups is 5. The van der Waals surface area contributed by atoms with Crippen LogP contribution in [0, 0.1) is 5.92 Å². The zero-order valence-corrected chi connectivity index (χ0v) is 16.0. The van der Waals surface area contributed by atoms with Crippen molar-refractivity contribution in [2.45, 2.75) is 52.2 Å². The minimum atomic E-state index is -1.20. The Kier molecular flexibility index (Phi) is 6.07. The van der Waals surface area contributed by atoms with Gasteiger partial charge in [-0.3, -0.25) is 24.2 Å². The third-order valence-electron chi connectivity index (χ3n) is 4.63. The van der Waals surface area contributed by atoms with Gasteiger partial charge < -0.3 is 15.4 Å². The molecule has 27 heavy (non-hydrogen) atoms. The fourth-order valence-corrected chi connectivity index (χ4v) is 2.95. The molecule has 2 atom stereocenters. The molecule has 2 heterocycles. The molecule has 6 amide bonds. The molecule has 0 radical (unpaired) electrons. The lowest BCUT2D eigenvalue weighted by molar-refractivity contribution is -0.159. The fourth-order valence-electron chi connectivity index (χ4n) is 2.95. The van der Waals surface area contributed by atoms with Crippen LogP contribution >= 0.6 is 0 Å². The van der Waals surface area contributed by atoms with E-state index in [1.54, 1.807) is 6.92 Å². The summed E-state index contributed by atoms with van der Waals surface area (Å²) in [5.41, 5.74) is -1.06. The molecular formula is C17H26N4O6. The summed E-state index contributed by atoms with van der Waals surface area (Å²) < 4.78 is 5.01. The van der Waals surface area contributed by atoms with Crippen LogP contribution in [0.4, 0.5) is 9.59 Å². The summed E-state index contributed by atoms with van der Waals surface area (Å²) in [5, 5.41) is 5.10. The normalized spacial score (nSPS) is 23.5. The molecule has 10 heteroatoms. The Bertz CT molecular complexity index is 664. The molecule has 0 aliphatic carbocycles. The summed E-state index contributed by atoms with van der Waals surface area (Å²) in [7, 11) is 0. The molecule has 0 aromatic carbocycles. The van der Waals surface area contributed by atoms with E-state index in [-0.39, 0.29) is 6.54 Å². The zero-order chi connectivity index (χ0) is 20.4. The average molecular weight is 382 g/mol. The van der Waals surface area contributed by atoms with E-state index in [9.17, 15) is 24.0 Å². The molecule has 0 bridgehead atoms. The molecule has 0 aromatic rings. The van der Waals surface area contributed by atoms with Crippen LogP contribution in [0.15, 0.2) is 0 Å². The van der Waals surface area contributed by atoms with Crippen LogP contribution in [0.5, 0.6) is 0 Å². The zero-order valence-electron chi connectivity index (χ0n) is 16.0. The van der Waals surface area contributed by atoms with Crippen molar-refractivity contribution < 1.29 is 28.7 Å². The number of esters is 1. The van der Waals surface area contributed by atoms with Crippen LogP contribution in [0.2, 0.25) is 0 Å². The highest BCUT2D eigenvalue weighted by Gasteiger charge is 2.48. The monoisotopic (exact) mass is 382 g/mol. The highest BCUT2D eigenvalue weighted by Crippen LogP contribution is 2.24. The first-order valence-corrected chi connectivity index (χ1v) is 8.98. The lowest BCUT2D eigenvalue weighted by Gasteiger charge is -2.22. The molecule has 0 aromatic heterocycles. The fraction of sp³-hybridized carbons (Fsp3) is 0.706. The SMILES string of the molecule is CC(C)CC[C@]1(C)NC(=O)N(CC(=O)O[C@@H](C)C(=O)N2CCNC2=O)C1=O. The first-order chi connectivity index (χ1) is 12.5. The highest BCUT2D eigenvalue weighted by molar-refractivity contribution is 6.08. The largest absolute Gasteiger partial charge is 0.451 e. The molecule has 0 unspecified atom stereocenters. The number of ether oxygens (including phenoxy) is 1. The number of amides is 6. The van der Waals surface area contributed by atoms with Crippen LogP contribution in [0.1, 0.15) is 40.5 Å². The highest BCUT2D eigenvalue weighted by atomic mass is 16.5. The Hall–Kier alpha value is -2.65. The van der Waals surface area contributed by atoms with Crippen molar-refractivity contribution in [2.75, 3.05) is 19.6 Å². The van der Waals surface area contributed by atoms with Crippen LogP contribution in [0.25, 0.3) is 0 Å². The van der Waals surface area contributed by atoms with Gasteiger partial charge in [-0.25, -0.2) is 9.59 Å². The van der Waals surface area contributed by atoms with E-state index in [1.165, 1.54) is 6.92 Å². The molecule has 2 fully saturated rings. The Morgan fingerprint density at radius 1 is 1.19 bits per heavy atom. The van der Waals surface area contributed by atoms with E-state index in [0.29, 0.717) is 18.9 Å². The maximum Gasteiger partial charge on any atom is 0.327 e. The van der Waals surface area contributed by atoms with Crippen LogP contribution in [0.3, 0.4) is 0 Å². The van der Waals surface area contributed by atoms with E-state index in [2.05, 4.69) is 10.6 Å². The lowest BCUT2D eigenvalue weighted by atomic mass is 9.92. The number of imide groups is 2. The van der Waals surface area contributed by atoms with Crippen molar-refractivity contribution in [3.05, 3.63) is 0 Å². The first-order valence-electron chi connectivity index (χ1n) is 8.98. The molecule has 0 saturated carbocycles. The summed E-state index contributed by atoms with van der Waals surface area (Å²) in [4.78, 5) is 62.2. The molecule has 2 N–H and O–H groups in total. The number of urea groups is 2. The molecule has 2 rings (SSSR count). The number of nitrogens with one attached hydrogen (secondary N) is 2. The minimum Gasteiger partial charge on any atom is -0.451 e. The molecule has 10 nitrogen and oxygen atoms in total. The summed E-state index contributed by atoms with van der Waals surface area (Å²) >= 11 is 0. The third-order valence-corrected chi connectivity index (χ3v) is 4.63. The Morgan fingerprint density at radius 2 is 1.85 bits per heavy atom. The predicted octanol–water partition coefficient (Wildman–Crippen LogP) is 0.217. The first kappa shape index (κ1) is 20.7. The van der Waals surface area contributed by atoms with Gasteiger partial charge in [0.25, 0.3) is 11.8 Å². The van der Waals surface area contributed by atoms with Gasteiger partial charge in [-0.1, -0.05) is 13.8 Å². The molecule has 2 aliphatic rings. The van der Waals surface area contributed by atoms with E-state index >= 15 is 0 Å². The second-order valence-corrected chi connectivity index (χ2v) is 7.44. The quantitative estimate of drug-likeness (QED) is 0.479. The lowest BCUT2D eigenvalue weighted by Crippen LogP contribution is -2.45. The Balaban J connectivity index is 1.93. The van der Waals surface area contributed by atoms with Crippen LogP contribution < -0.4 is 10.6 Å². The third kappa shape index (κ3) is 4.55. The van der Waals surface area contributed by atoms with Gasteiger partial charge in [0.05, 0.1) is 0 Å². The average Bonchev–Trinajstić information content (AvgIpc) is 3.09.